The number of sulfonamides is 1. The van der Waals surface area contributed by atoms with Gasteiger partial charge < -0.3 is 14.8 Å². The molecule has 2 aromatic rings. The number of benzene rings is 2. The van der Waals surface area contributed by atoms with Gasteiger partial charge in [0.05, 0.1) is 23.6 Å². The molecule has 0 saturated heterocycles. The van der Waals surface area contributed by atoms with Crippen LogP contribution in [0.15, 0.2) is 51.8 Å². The molecule has 0 unspecified atom stereocenters. The third kappa shape index (κ3) is 6.50. The fourth-order valence-electron chi connectivity index (χ4n) is 2.44. The van der Waals surface area contributed by atoms with Gasteiger partial charge in [0.15, 0.2) is 0 Å². The molecule has 0 fully saturated rings. The molecule has 1 amide bonds. The number of nitrogens with one attached hydrogen (secondary N) is 2. The molecule has 0 aliphatic carbocycles. The molecular weight excluding hydrogens is 448 g/mol. The molecule has 9 heteroatoms. The van der Waals surface area contributed by atoms with Crippen LogP contribution in [0.3, 0.4) is 0 Å². The maximum absolute atomic E-state index is 12.2. The van der Waals surface area contributed by atoms with Gasteiger partial charge in [-0.15, -0.1) is 0 Å². The number of hydrogen-bond acceptors (Lipinski definition) is 5. The quantitative estimate of drug-likeness (QED) is 0.520. The van der Waals surface area contributed by atoms with Crippen molar-refractivity contribution in [3.8, 4) is 11.5 Å². The maximum atomic E-state index is 12.2. The summed E-state index contributed by atoms with van der Waals surface area (Å²) >= 11 is 3.41. The third-order valence-electron chi connectivity index (χ3n) is 3.97. The highest BCUT2D eigenvalue weighted by molar-refractivity contribution is 9.10. The van der Waals surface area contributed by atoms with Crippen LogP contribution in [0.1, 0.15) is 12.0 Å². The number of rotatable bonds is 10. The molecule has 0 aliphatic heterocycles. The highest BCUT2D eigenvalue weighted by Crippen LogP contribution is 2.25. The van der Waals surface area contributed by atoms with Crippen molar-refractivity contribution in [1.82, 2.24) is 10.0 Å². The average molecular weight is 471 g/mol. The van der Waals surface area contributed by atoms with E-state index in [0.29, 0.717) is 18.6 Å². The Balaban J connectivity index is 1.73. The summed E-state index contributed by atoms with van der Waals surface area (Å²) in [5, 5.41) is 2.71. The molecule has 0 heterocycles. The van der Waals surface area contributed by atoms with Crippen LogP contribution in [-0.2, 0) is 21.2 Å². The first-order valence-corrected chi connectivity index (χ1v) is 10.9. The van der Waals surface area contributed by atoms with Gasteiger partial charge in [0.25, 0.3) is 0 Å². The van der Waals surface area contributed by atoms with Crippen LogP contribution < -0.4 is 19.5 Å². The van der Waals surface area contributed by atoms with E-state index in [1.165, 1.54) is 19.2 Å². The SMILES string of the molecule is COc1ccc(S(=O)(=O)NCCNC(=O)CCc2ccc(OC)c(Br)c2)cc1. The second-order valence-electron chi connectivity index (χ2n) is 5.89. The molecule has 152 valence electrons. The number of halogens is 1. The summed E-state index contributed by atoms with van der Waals surface area (Å²) in [7, 11) is -0.519. The van der Waals surface area contributed by atoms with Gasteiger partial charge in [-0.2, -0.15) is 0 Å². The number of hydrogen-bond donors (Lipinski definition) is 2. The maximum Gasteiger partial charge on any atom is 0.240 e. The number of ether oxygens (including phenoxy) is 2. The van der Waals surface area contributed by atoms with Gasteiger partial charge in [-0.3, -0.25) is 4.79 Å². The minimum absolute atomic E-state index is 0.105. The van der Waals surface area contributed by atoms with Crippen LogP contribution in [0, 0.1) is 0 Å². The van der Waals surface area contributed by atoms with E-state index in [2.05, 4.69) is 26.0 Å². The van der Waals surface area contributed by atoms with Gasteiger partial charge >= 0.3 is 0 Å². The van der Waals surface area contributed by atoms with Crippen molar-refractivity contribution in [3.63, 3.8) is 0 Å². The molecule has 0 bridgehead atoms. The first-order valence-electron chi connectivity index (χ1n) is 8.58. The predicted octanol–water partition coefficient (Wildman–Crippen LogP) is 2.49. The lowest BCUT2D eigenvalue weighted by molar-refractivity contribution is -0.121. The molecule has 0 spiro atoms. The van der Waals surface area contributed by atoms with E-state index in [4.69, 9.17) is 9.47 Å². The summed E-state index contributed by atoms with van der Waals surface area (Å²) in [6.07, 6.45) is 0.885. The fourth-order valence-corrected chi connectivity index (χ4v) is 4.06. The Kier molecular flexibility index (Phi) is 8.28. The molecule has 2 rings (SSSR count). The second kappa shape index (κ2) is 10.4. The van der Waals surface area contributed by atoms with Crippen LogP contribution in [0.2, 0.25) is 0 Å². The van der Waals surface area contributed by atoms with Crippen LogP contribution in [-0.4, -0.2) is 41.6 Å². The van der Waals surface area contributed by atoms with E-state index in [-0.39, 0.29) is 23.9 Å². The van der Waals surface area contributed by atoms with Gasteiger partial charge in [-0.25, -0.2) is 13.1 Å². The molecule has 28 heavy (non-hydrogen) atoms. The van der Waals surface area contributed by atoms with Crippen molar-refractivity contribution in [2.45, 2.75) is 17.7 Å². The standard InChI is InChI=1S/C19H23BrN2O5S/c1-26-15-5-7-16(8-6-15)28(24,25)22-12-11-21-19(23)10-4-14-3-9-18(27-2)17(20)13-14/h3,5-9,13,22H,4,10-12H2,1-2H3,(H,21,23). The highest BCUT2D eigenvalue weighted by Gasteiger charge is 2.13. The summed E-state index contributed by atoms with van der Waals surface area (Å²) in [6, 6.07) is 11.7. The molecule has 0 saturated carbocycles. The van der Waals surface area contributed by atoms with E-state index >= 15 is 0 Å². The number of aryl methyl sites for hydroxylation is 1. The van der Waals surface area contributed by atoms with Crippen LogP contribution in [0.5, 0.6) is 11.5 Å². The lowest BCUT2D eigenvalue weighted by Gasteiger charge is -2.09. The van der Waals surface area contributed by atoms with E-state index in [0.717, 1.165) is 15.8 Å². The van der Waals surface area contributed by atoms with Gasteiger partial charge in [0.1, 0.15) is 11.5 Å². The van der Waals surface area contributed by atoms with E-state index in [1.54, 1.807) is 19.2 Å². The van der Waals surface area contributed by atoms with E-state index in [9.17, 15) is 13.2 Å². The lowest BCUT2D eigenvalue weighted by Crippen LogP contribution is -2.34. The largest absolute Gasteiger partial charge is 0.497 e. The van der Waals surface area contributed by atoms with Gasteiger partial charge in [0, 0.05) is 19.5 Å². The number of amides is 1. The second-order valence-corrected chi connectivity index (χ2v) is 8.51. The van der Waals surface area contributed by atoms with Crippen molar-refractivity contribution in [3.05, 3.63) is 52.5 Å². The molecule has 2 N–H and O–H groups in total. The summed E-state index contributed by atoms with van der Waals surface area (Å²) in [4.78, 5) is 12.1. The molecule has 0 aliphatic rings. The Bertz CT molecular complexity index is 901. The van der Waals surface area contributed by atoms with Crippen LogP contribution >= 0.6 is 15.9 Å². The summed E-state index contributed by atoms with van der Waals surface area (Å²) in [5.41, 5.74) is 1.00. The third-order valence-corrected chi connectivity index (χ3v) is 6.06. The zero-order chi connectivity index (χ0) is 20.6. The van der Waals surface area contributed by atoms with Crippen molar-refractivity contribution < 1.29 is 22.7 Å². The van der Waals surface area contributed by atoms with E-state index in [1.807, 2.05) is 18.2 Å². The fraction of sp³-hybridized carbons (Fsp3) is 0.316. The van der Waals surface area contributed by atoms with Crippen molar-refractivity contribution in [2.24, 2.45) is 0 Å². The monoisotopic (exact) mass is 470 g/mol. The molecule has 0 aromatic heterocycles. The summed E-state index contributed by atoms with van der Waals surface area (Å²) in [5.74, 6) is 1.17. The van der Waals surface area contributed by atoms with Crippen molar-refractivity contribution >= 4 is 31.9 Å². The Morgan fingerprint density at radius 2 is 1.75 bits per heavy atom. The smallest absolute Gasteiger partial charge is 0.240 e. The zero-order valence-electron chi connectivity index (χ0n) is 15.7. The summed E-state index contributed by atoms with van der Waals surface area (Å²) < 4.78 is 37.9. The molecular formula is C19H23BrN2O5S. The molecule has 0 atom stereocenters. The van der Waals surface area contributed by atoms with Gasteiger partial charge in [-0.1, -0.05) is 6.07 Å². The normalized spacial score (nSPS) is 11.1. The number of carbonyl (C=O) groups is 1. The molecule has 2 aromatic carbocycles. The Labute approximate surface area is 173 Å². The first-order chi connectivity index (χ1) is 13.4. The number of carbonyl (C=O) groups excluding carboxylic acids is 1. The highest BCUT2D eigenvalue weighted by atomic mass is 79.9. The average Bonchev–Trinajstić information content (AvgIpc) is 2.70. The van der Waals surface area contributed by atoms with Crippen LogP contribution in [0.4, 0.5) is 0 Å². The predicted molar refractivity (Wildman–Crippen MR) is 110 cm³/mol. The number of methoxy groups -OCH3 is 2. The van der Waals surface area contributed by atoms with Crippen molar-refractivity contribution in [1.29, 1.82) is 0 Å². The first kappa shape index (κ1) is 22.2. The van der Waals surface area contributed by atoms with Crippen molar-refractivity contribution in [2.75, 3.05) is 27.3 Å². The topological polar surface area (TPSA) is 93.7 Å². The van der Waals surface area contributed by atoms with E-state index < -0.39 is 10.0 Å². The minimum Gasteiger partial charge on any atom is -0.497 e. The van der Waals surface area contributed by atoms with Gasteiger partial charge in [-0.05, 0) is 64.3 Å². The Morgan fingerprint density at radius 1 is 1.04 bits per heavy atom. The molecule has 0 radical (unpaired) electrons. The zero-order valence-corrected chi connectivity index (χ0v) is 18.1. The Morgan fingerprint density at radius 3 is 2.36 bits per heavy atom. The Hall–Kier alpha value is -2.10. The van der Waals surface area contributed by atoms with Crippen LogP contribution in [0.25, 0.3) is 0 Å². The summed E-state index contributed by atoms with van der Waals surface area (Å²) in [6.45, 7) is 0.314. The molecule has 7 nitrogen and oxygen atoms in total. The minimum atomic E-state index is -3.62. The van der Waals surface area contributed by atoms with Gasteiger partial charge in [0.2, 0.25) is 15.9 Å². The lowest BCUT2D eigenvalue weighted by atomic mass is 10.1.